The van der Waals surface area contributed by atoms with Crippen molar-refractivity contribution in [3.8, 4) is 0 Å². The topological polar surface area (TPSA) is 87.9 Å². The van der Waals surface area contributed by atoms with Crippen LogP contribution in [0.1, 0.15) is 83.1 Å². The van der Waals surface area contributed by atoms with Crippen molar-refractivity contribution in [1.29, 1.82) is 0 Å². The standard InChI is InChI=1S/C30H42N4O4/c1-38-30(37)24-19-32(16-15-27(24)35)28-29(36)34(26-12-8-7-11-25(26)31-28)23-17-21-13-14-22(18-23)33(21)20-9-5-3-2-4-6-10-20/h7-8,11-12,20-24,27,35H,2-6,9-10,13-19H2,1H3/t21-,22+,23+,24?,27?. The highest BCUT2D eigenvalue weighted by atomic mass is 16.5. The summed E-state index contributed by atoms with van der Waals surface area (Å²) in [6, 6.07) is 9.87. The molecule has 0 radical (unpaired) electrons. The second-order valence-corrected chi connectivity index (χ2v) is 12.0. The molecule has 5 atom stereocenters. The van der Waals surface area contributed by atoms with Gasteiger partial charge in [-0.15, -0.1) is 0 Å². The van der Waals surface area contributed by atoms with Crippen molar-refractivity contribution >= 4 is 22.8 Å². The largest absolute Gasteiger partial charge is 0.469 e. The Morgan fingerprint density at radius 1 is 0.921 bits per heavy atom. The van der Waals surface area contributed by atoms with Gasteiger partial charge >= 0.3 is 5.97 Å². The van der Waals surface area contributed by atoms with Crippen LogP contribution in [0.2, 0.25) is 0 Å². The van der Waals surface area contributed by atoms with Crippen molar-refractivity contribution in [2.75, 3.05) is 25.1 Å². The summed E-state index contributed by atoms with van der Waals surface area (Å²) >= 11 is 0. The maximum Gasteiger partial charge on any atom is 0.313 e. The first-order chi connectivity index (χ1) is 18.5. The van der Waals surface area contributed by atoms with Gasteiger partial charge in [0.25, 0.3) is 5.56 Å². The number of aliphatic hydroxyl groups is 1. The number of anilines is 1. The van der Waals surface area contributed by atoms with E-state index >= 15 is 0 Å². The van der Waals surface area contributed by atoms with Gasteiger partial charge < -0.3 is 19.3 Å². The summed E-state index contributed by atoms with van der Waals surface area (Å²) in [6.45, 7) is 0.723. The summed E-state index contributed by atoms with van der Waals surface area (Å²) < 4.78 is 6.96. The van der Waals surface area contributed by atoms with Crippen LogP contribution in [0.5, 0.6) is 0 Å². The van der Waals surface area contributed by atoms with Gasteiger partial charge in [-0.3, -0.25) is 14.5 Å². The van der Waals surface area contributed by atoms with E-state index in [-0.39, 0.29) is 18.1 Å². The Labute approximate surface area is 225 Å². The molecule has 2 unspecified atom stereocenters. The molecule has 2 aromatic rings. The molecule has 1 aromatic heterocycles. The van der Waals surface area contributed by atoms with Gasteiger partial charge in [-0.05, 0) is 57.1 Å². The zero-order valence-electron chi connectivity index (χ0n) is 22.6. The molecule has 8 heteroatoms. The van der Waals surface area contributed by atoms with Crippen molar-refractivity contribution in [2.45, 2.75) is 107 Å². The molecular formula is C30H42N4O4. The molecule has 8 nitrogen and oxygen atoms in total. The van der Waals surface area contributed by atoms with E-state index in [0.717, 1.165) is 23.9 Å². The van der Waals surface area contributed by atoms with Crippen LogP contribution in [0, 0.1) is 5.92 Å². The smallest absolute Gasteiger partial charge is 0.313 e. The van der Waals surface area contributed by atoms with E-state index < -0.39 is 18.0 Å². The van der Waals surface area contributed by atoms with E-state index in [1.54, 1.807) is 0 Å². The number of hydrogen-bond acceptors (Lipinski definition) is 7. The minimum absolute atomic E-state index is 0.0764. The van der Waals surface area contributed by atoms with Crippen LogP contribution in [-0.2, 0) is 9.53 Å². The molecule has 0 amide bonds. The summed E-state index contributed by atoms with van der Waals surface area (Å²) in [4.78, 5) is 36.1. The van der Waals surface area contributed by atoms with Gasteiger partial charge in [-0.1, -0.05) is 44.2 Å². The lowest BCUT2D eigenvalue weighted by atomic mass is 9.89. The number of aromatic nitrogens is 2. The highest BCUT2D eigenvalue weighted by Gasteiger charge is 2.45. The maximum absolute atomic E-state index is 14.2. The zero-order chi connectivity index (χ0) is 26.2. The molecule has 4 heterocycles. The van der Waals surface area contributed by atoms with Gasteiger partial charge in [-0.2, -0.15) is 0 Å². The Bertz CT molecular complexity index is 1190. The lowest BCUT2D eigenvalue weighted by Crippen LogP contribution is -2.51. The number of carbonyl (C=O) groups is 1. The number of methoxy groups -OCH3 is 1. The first kappa shape index (κ1) is 25.8. The van der Waals surface area contributed by atoms with Gasteiger partial charge in [-0.25, -0.2) is 4.98 Å². The molecule has 1 N–H and O–H groups in total. The number of rotatable bonds is 4. The number of carbonyl (C=O) groups excluding carboxylic acids is 1. The van der Waals surface area contributed by atoms with Crippen molar-refractivity contribution < 1.29 is 14.6 Å². The van der Waals surface area contributed by atoms with Crippen LogP contribution >= 0.6 is 0 Å². The highest BCUT2D eigenvalue weighted by Crippen LogP contribution is 2.44. The first-order valence-electron chi connectivity index (χ1n) is 14.8. The lowest BCUT2D eigenvalue weighted by Gasteiger charge is -2.45. The van der Waals surface area contributed by atoms with E-state index in [1.807, 2.05) is 33.7 Å². The third-order valence-electron chi connectivity index (χ3n) is 9.78. The molecule has 4 fully saturated rings. The average Bonchev–Trinajstić information content (AvgIpc) is 3.16. The quantitative estimate of drug-likeness (QED) is 0.607. The van der Waals surface area contributed by atoms with Gasteiger partial charge in [0, 0.05) is 37.3 Å². The molecule has 206 valence electrons. The van der Waals surface area contributed by atoms with Gasteiger partial charge in [0.15, 0.2) is 5.82 Å². The van der Waals surface area contributed by atoms with Crippen LogP contribution in [0.4, 0.5) is 5.82 Å². The third-order valence-corrected chi connectivity index (χ3v) is 9.78. The molecular weight excluding hydrogens is 480 g/mol. The number of fused-ring (bicyclic) bond motifs is 3. The van der Waals surface area contributed by atoms with Crippen LogP contribution in [-0.4, -0.2) is 70.0 Å². The van der Waals surface area contributed by atoms with E-state index in [4.69, 9.17) is 9.72 Å². The molecule has 1 saturated carbocycles. The third kappa shape index (κ3) is 4.75. The lowest BCUT2D eigenvalue weighted by molar-refractivity contribution is -0.149. The predicted octanol–water partition coefficient (Wildman–Crippen LogP) is 4.04. The molecule has 3 aliphatic heterocycles. The average molecular weight is 523 g/mol. The molecule has 3 saturated heterocycles. The second-order valence-electron chi connectivity index (χ2n) is 12.0. The normalized spacial score (nSPS) is 31.2. The minimum Gasteiger partial charge on any atom is -0.469 e. The Morgan fingerprint density at radius 3 is 2.32 bits per heavy atom. The molecule has 1 aliphatic carbocycles. The second kappa shape index (κ2) is 11.0. The number of nitrogens with zero attached hydrogens (tertiary/aromatic N) is 4. The van der Waals surface area contributed by atoms with Gasteiger partial charge in [0.05, 0.1) is 24.2 Å². The minimum atomic E-state index is -0.769. The SMILES string of the molecule is COC(=O)C1CN(c2nc3ccccc3n([C@H]3C[C@H]4CC[C@@H](C3)N4C3CCCCCCC3)c2=O)CCC1O. The van der Waals surface area contributed by atoms with Crippen molar-refractivity contribution in [2.24, 2.45) is 5.92 Å². The van der Waals surface area contributed by atoms with E-state index in [9.17, 15) is 14.7 Å². The van der Waals surface area contributed by atoms with E-state index in [2.05, 4.69) is 4.90 Å². The van der Waals surface area contributed by atoms with Crippen molar-refractivity contribution in [3.63, 3.8) is 0 Å². The molecule has 6 rings (SSSR count). The summed E-state index contributed by atoms with van der Waals surface area (Å²) in [5, 5.41) is 10.4. The fourth-order valence-electron chi connectivity index (χ4n) is 7.95. The van der Waals surface area contributed by atoms with Gasteiger partial charge in [0.1, 0.15) is 5.92 Å². The number of ether oxygens (including phenoxy) is 1. The first-order valence-corrected chi connectivity index (χ1v) is 14.8. The Kier molecular flexibility index (Phi) is 7.45. The summed E-state index contributed by atoms with van der Waals surface area (Å²) in [5.41, 5.74) is 1.62. The van der Waals surface area contributed by atoms with Crippen LogP contribution in [0.3, 0.4) is 0 Å². The molecule has 2 bridgehead atoms. The number of benzene rings is 1. The maximum atomic E-state index is 14.2. The van der Waals surface area contributed by atoms with E-state index in [1.165, 1.54) is 64.9 Å². The number of aliphatic hydroxyl groups excluding tert-OH is 1. The predicted molar refractivity (Wildman–Crippen MR) is 147 cm³/mol. The summed E-state index contributed by atoms with van der Waals surface area (Å²) in [6.07, 6.45) is 13.6. The number of esters is 1. The van der Waals surface area contributed by atoms with Crippen molar-refractivity contribution in [3.05, 3.63) is 34.6 Å². The van der Waals surface area contributed by atoms with Crippen LogP contribution < -0.4 is 10.5 Å². The molecule has 1 aromatic carbocycles. The summed E-state index contributed by atoms with van der Waals surface area (Å²) in [5.74, 6) is -0.737. The van der Waals surface area contributed by atoms with Crippen molar-refractivity contribution in [1.82, 2.24) is 14.5 Å². The monoisotopic (exact) mass is 522 g/mol. The Hall–Kier alpha value is -2.45. The zero-order valence-corrected chi connectivity index (χ0v) is 22.6. The fraction of sp³-hybridized carbons (Fsp3) is 0.700. The Morgan fingerprint density at radius 2 is 1.61 bits per heavy atom. The Balaban J connectivity index is 1.32. The highest BCUT2D eigenvalue weighted by molar-refractivity contribution is 5.77. The molecule has 0 spiro atoms. The number of piperidine rings is 2. The van der Waals surface area contributed by atoms with Crippen LogP contribution in [0.15, 0.2) is 29.1 Å². The number of hydrogen-bond donors (Lipinski definition) is 1. The van der Waals surface area contributed by atoms with Crippen LogP contribution in [0.25, 0.3) is 11.0 Å². The summed E-state index contributed by atoms with van der Waals surface area (Å²) in [7, 11) is 1.34. The van der Waals surface area contributed by atoms with Gasteiger partial charge in [0.2, 0.25) is 0 Å². The molecule has 38 heavy (non-hydrogen) atoms. The molecule has 4 aliphatic rings. The van der Waals surface area contributed by atoms with E-state index in [0.29, 0.717) is 36.9 Å². The fourth-order valence-corrected chi connectivity index (χ4v) is 7.95. The number of para-hydroxylation sites is 2.